The van der Waals surface area contributed by atoms with Gasteiger partial charge in [-0.2, -0.15) is 0 Å². The van der Waals surface area contributed by atoms with Gasteiger partial charge in [0.15, 0.2) is 0 Å². The molecule has 0 aromatic rings. The molecule has 0 radical (unpaired) electrons. The largest absolute Gasteiger partial charge is 0.396 e. The summed E-state index contributed by atoms with van der Waals surface area (Å²) in [4.78, 5) is 0. The molecule has 5 nitrogen and oxygen atoms in total. The van der Waals surface area contributed by atoms with Crippen molar-refractivity contribution < 1.29 is 24.1 Å². The fourth-order valence-electron chi connectivity index (χ4n) is 2.37. The Hall–Kier alpha value is -0.200. The van der Waals surface area contributed by atoms with Crippen LogP contribution < -0.4 is 0 Å². The van der Waals surface area contributed by atoms with Crippen molar-refractivity contribution in [1.29, 1.82) is 0 Å². The van der Waals surface area contributed by atoms with E-state index in [0.29, 0.717) is 19.6 Å². The van der Waals surface area contributed by atoms with Crippen LogP contribution in [0.15, 0.2) is 0 Å². The van der Waals surface area contributed by atoms with Crippen molar-refractivity contribution in [3.05, 3.63) is 0 Å². The van der Waals surface area contributed by atoms with Gasteiger partial charge in [0.2, 0.25) is 0 Å². The molecular weight excluding hydrogens is 236 g/mol. The van der Waals surface area contributed by atoms with Gasteiger partial charge in [-0.05, 0) is 25.7 Å². The Morgan fingerprint density at radius 2 is 1.78 bits per heavy atom. The zero-order chi connectivity index (χ0) is 12.6. The quantitative estimate of drug-likeness (QED) is 0.714. The van der Waals surface area contributed by atoms with Crippen molar-refractivity contribution in [3.63, 3.8) is 0 Å². The van der Waals surface area contributed by atoms with Crippen LogP contribution in [-0.2, 0) is 18.9 Å². The van der Waals surface area contributed by atoms with Gasteiger partial charge in [-0.1, -0.05) is 0 Å². The third-order valence-corrected chi connectivity index (χ3v) is 3.41. The van der Waals surface area contributed by atoms with Crippen molar-refractivity contribution >= 4 is 0 Å². The molecule has 2 atom stereocenters. The van der Waals surface area contributed by atoms with Crippen LogP contribution in [0.2, 0.25) is 0 Å². The summed E-state index contributed by atoms with van der Waals surface area (Å²) in [5, 5.41) is 8.77. The van der Waals surface area contributed by atoms with E-state index in [1.165, 1.54) is 0 Å². The van der Waals surface area contributed by atoms with Crippen molar-refractivity contribution in [2.24, 2.45) is 0 Å². The molecule has 0 spiro atoms. The lowest BCUT2D eigenvalue weighted by Gasteiger charge is -2.35. The average Bonchev–Trinajstić information content (AvgIpc) is 2.42. The lowest BCUT2D eigenvalue weighted by atomic mass is 10.1. The highest BCUT2D eigenvalue weighted by Gasteiger charge is 2.30. The lowest BCUT2D eigenvalue weighted by molar-refractivity contribution is -0.172. The summed E-state index contributed by atoms with van der Waals surface area (Å²) in [7, 11) is 0. The van der Waals surface area contributed by atoms with E-state index >= 15 is 0 Å². The van der Waals surface area contributed by atoms with Crippen LogP contribution in [0.1, 0.15) is 25.7 Å². The van der Waals surface area contributed by atoms with E-state index in [1.54, 1.807) is 0 Å². The van der Waals surface area contributed by atoms with Crippen molar-refractivity contribution in [2.45, 2.75) is 44.0 Å². The average molecular weight is 260 g/mol. The minimum atomic E-state index is 0.0283. The summed E-state index contributed by atoms with van der Waals surface area (Å²) in [6.45, 7) is 3.69. The number of hydrogen-bond donors (Lipinski definition) is 1. The molecule has 2 aliphatic heterocycles. The van der Waals surface area contributed by atoms with E-state index < -0.39 is 0 Å². The normalized spacial score (nSPS) is 30.5. The molecule has 2 aliphatic rings. The summed E-state index contributed by atoms with van der Waals surface area (Å²) >= 11 is 0. The molecule has 0 aromatic carbocycles. The maximum atomic E-state index is 8.77. The number of hydrogen-bond acceptors (Lipinski definition) is 5. The Bertz CT molecular complexity index is 217. The Kier molecular flexibility index (Phi) is 6.37. The van der Waals surface area contributed by atoms with Crippen LogP contribution in [0, 0.1) is 0 Å². The van der Waals surface area contributed by atoms with E-state index in [0.717, 1.165) is 39.1 Å². The number of aliphatic hydroxyl groups excluding tert-OH is 1. The molecule has 2 heterocycles. The standard InChI is InChI=1S/C13H24O5/c14-5-1-6-17-12-4-9-16-10-13(12)18-11-2-7-15-8-3-11/h11-14H,1-10H2. The second-order valence-corrected chi connectivity index (χ2v) is 4.84. The first-order chi connectivity index (χ1) is 8.90. The van der Waals surface area contributed by atoms with E-state index in [9.17, 15) is 0 Å². The Labute approximate surface area is 108 Å². The molecule has 2 rings (SSSR count). The summed E-state index contributed by atoms with van der Waals surface area (Å²) in [6, 6.07) is 0. The van der Waals surface area contributed by atoms with Gasteiger partial charge < -0.3 is 24.1 Å². The van der Waals surface area contributed by atoms with E-state index in [1.807, 2.05) is 0 Å². The van der Waals surface area contributed by atoms with E-state index in [-0.39, 0.29) is 24.9 Å². The predicted octanol–water partition coefficient (Wildman–Crippen LogP) is 0.738. The fraction of sp³-hybridized carbons (Fsp3) is 1.00. The molecule has 5 heteroatoms. The Morgan fingerprint density at radius 3 is 2.56 bits per heavy atom. The van der Waals surface area contributed by atoms with Crippen molar-refractivity contribution in [1.82, 2.24) is 0 Å². The minimum absolute atomic E-state index is 0.0283. The topological polar surface area (TPSA) is 57.2 Å². The molecule has 0 aliphatic carbocycles. The second-order valence-electron chi connectivity index (χ2n) is 4.84. The van der Waals surface area contributed by atoms with Crippen LogP contribution in [-0.4, -0.2) is 63.1 Å². The van der Waals surface area contributed by atoms with Crippen molar-refractivity contribution in [2.75, 3.05) is 39.6 Å². The molecule has 2 fully saturated rings. The van der Waals surface area contributed by atoms with Crippen LogP contribution >= 0.6 is 0 Å². The molecule has 0 amide bonds. The van der Waals surface area contributed by atoms with Crippen LogP contribution in [0.5, 0.6) is 0 Å². The molecule has 0 aromatic heterocycles. The first kappa shape index (κ1) is 14.2. The SMILES string of the molecule is OCCCOC1CCOCC1OC1CCOCC1. The van der Waals surface area contributed by atoms with E-state index in [2.05, 4.69) is 0 Å². The summed E-state index contributed by atoms with van der Waals surface area (Å²) in [5.41, 5.74) is 0. The molecular formula is C13H24O5. The van der Waals surface area contributed by atoms with Gasteiger partial charge in [-0.25, -0.2) is 0 Å². The Morgan fingerprint density at radius 1 is 1.00 bits per heavy atom. The Balaban J connectivity index is 1.75. The highest BCUT2D eigenvalue weighted by atomic mass is 16.6. The van der Waals surface area contributed by atoms with E-state index in [4.69, 9.17) is 24.1 Å². The molecule has 18 heavy (non-hydrogen) atoms. The second kappa shape index (κ2) is 8.07. The molecule has 0 saturated carbocycles. The zero-order valence-electron chi connectivity index (χ0n) is 10.9. The highest BCUT2D eigenvalue weighted by Crippen LogP contribution is 2.20. The van der Waals surface area contributed by atoms with Gasteiger partial charge >= 0.3 is 0 Å². The highest BCUT2D eigenvalue weighted by molar-refractivity contribution is 4.77. The van der Waals surface area contributed by atoms with Gasteiger partial charge in [0.25, 0.3) is 0 Å². The first-order valence-corrected chi connectivity index (χ1v) is 6.93. The fourth-order valence-corrected chi connectivity index (χ4v) is 2.37. The van der Waals surface area contributed by atoms with Gasteiger partial charge in [0.05, 0.1) is 18.8 Å². The number of aliphatic hydroxyl groups is 1. The summed E-state index contributed by atoms with van der Waals surface area (Å²) in [5.74, 6) is 0. The first-order valence-electron chi connectivity index (χ1n) is 6.93. The summed E-state index contributed by atoms with van der Waals surface area (Å²) in [6.07, 6.45) is 3.88. The molecule has 1 N–H and O–H groups in total. The maximum absolute atomic E-state index is 8.77. The molecule has 2 saturated heterocycles. The number of ether oxygens (including phenoxy) is 4. The maximum Gasteiger partial charge on any atom is 0.107 e. The monoisotopic (exact) mass is 260 g/mol. The smallest absolute Gasteiger partial charge is 0.107 e. The van der Waals surface area contributed by atoms with Crippen molar-refractivity contribution in [3.8, 4) is 0 Å². The lowest BCUT2D eigenvalue weighted by Crippen LogP contribution is -2.44. The van der Waals surface area contributed by atoms with Gasteiger partial charge in [0.1, 0.15) is 6.10 Å². The molecule has 106 valence electrons. The van der Waals surface area contributed by atoms with Crippen LogP contribution in [0.3, 0.4) is 0 Å². The minimum Gasteiger partial charge on any atom is -0.396 e. The van der Waals surface area contributed by atoms with Crippen LogP contribution in [0.25, 0.3) is 0 Å². The van der Waals surface area contributed by atoms with Gasteiger partial charge in [-0.3, -0.25) is 0 Å². The third-order valence-electron chi connectivity index (χ3n) is 3.41. The predicted molar refractivity (Wildman–Crippen MR) is 65.6 cm³/mol. The van der Waals surface area contributed by atoms with Gasteiger partial charge in [0, 0.05) is 33.0 Å². The zero-order valence-corrected chi connectivity index (χ0v) is 10.9. The third kappa shape index (κ3) is 4.48. The van der Waals surface area contributed by atoms with Gasteiger partial charge in [-0.15, -0.1) is 0 Å². The molecule has 0 bridgehead atoms. The summed E-state index contributed by atoms with van der Waals surface area (Å²) < 4.78 is 22.7. The van der Waals surface area contributed by atoms with Crippen LogP contribution in [0.4, 0.5) is 0 Å². The molecule has 2 unspecified atom stereocenters. The number of rotatable bonds is 6.